The first-order chi connectivity index (χ1) is 16.9. The average Bonchev–Trinajstić information content (AvgIpc) is 3.12. The number of carbonyl (C=O) groups is 2. The molecule has 10 nitrogen and oxygen atoms in total. The number of rotatable bonds is 5. The summed E-state index contributed by atoms with van der Waals surface area (Å²) in [5.74, 6) is -0.0931. The van der Waals surface area contributed by atoms with E-state index in [1.807, 2.05) is 19.1 Å². The van der Waals surface area contributed by atoms with Crippen LogP contribution in [0.5, 0.6) is 0 Å². The molecule has 2 aromatic heterocycles. The van der Waals surface area contributed by atoms with Crippen molar-refractivity contribution in [3.63, 3.8) is 0 Å². The van der Waals surface area contributed by atoms with Crippen LogP contribution >= 0.6 is 0 Å². The molecule has 178 valence electrons. The highest BCUT2D eigenvalue weighted by atomic mass is 16.2. The van der Waals surface area contributed by atoms with E-state index in [-0.39, 0.29) is 12.5 Å². The normalized spacial score (nSPS) is 12.9. The van der Waals surface area contributed by atoms with Crippen LogP contribution in [0.2, 0.25) is 0 Å². The Morgan fingerprint density at radius 1 is 1.00 bits per heavy atom. The minimum absolute atomic E-state index is 0.207. The number of carbonyl (C=O) groups excluding carboxylic acids is 2. The first-order valence-corrected chi connectivity index (χ1v) is 11.3. The number of anilines is 3. The Hall–Kier alpha value is -4.47. The highest BCUT2D eigenvalue weighted by molar-refractivity contribution is 5.93. The van der Waals surface area contributed by atoms with E-state index in [4.69, 9.17) is 0 Å². The monoisotopic (exact) mass is 471 g/mol. The third kappa shape index (κ3) is 4.63. The van der Waals surface area contributed by atoms with E-state index in [0.717, 1.165) is 23.3 Å². The van der Waals surface area contributed by atoms with E-state index < -0.39 is 11.6 Å². The van der Waals surface area contributed by atoms with Crippen molar-refractivity contribution >= 4 is 34.8 Å². The van der Waals surface area contributed by atoms with Gasteiger partial charge in [0.05, 0.1) is 0 Å². The zero-order chi connectivity index (χ0) is 24.5. The molecule has 3 heterocycles. The predicted molar refractivity (Wildman–Crippen MR) is 133 cm³/mol. The van der Waals surface area contributed by atoms with Gasteiger partial charge in [-0.05, 0) is 42.7 Å². The van der Waals surface area contributed by atoms with Crippen molar-refractivity contribution in [3.05, 3.63) is 81.9 Å². The SMILES string of the molecule is CC(=O)Nc1cccc(NC(=O)Cn2nc3cc(C)nc(N4CCc5ccccc5C4)n3c2=O)c1. The lowest BCUT2D eigenvalue weighted by Gasteiger charge is -2.29. The molecule has 4 aromatic rings. The Balaban J connectivity index is 1.41. The molecule has 5 rings (SSSR count). The number of hydrogen-bond acceptors (Lipinski definition) is 6. The van der Waals surface area contributed by atoms with Gasteiger partial charge in [0.2, 0.25) is 17.8 Å². The van der Waals surface area contributed by atoms with Gasteiger partial charge in [-0.1, -0.05) is 30.3 Å². The maximum absolute atomic E-state index is 13.3. The highest BCUT2D eigenvalue weighted by Gasteiger charge is 2.23. The van der Waals surface area contributed by atoms with Gasteiger partial charge in [-0.3, -0.25) is 9.59 Å². The fourth-order valence-electron chi connectivity index (χ4n) is 4.33. The van der Waals surface area contributed by atoms with Crippen LogP contribution in [0.4, 0.5) is 17.3 Å². The minimum Gasteiger partial charge on any atom is -0.337 e. The molecule has 1 aliphatic rings. The van der Waals surface area contributed by atoms with Crippen molar-refractivity contribution in [3.8, 4) is 0 Å². The molecule has 0 unspecified atom stereocenters. The first kappa shape index (κ1) is 22.3. The molecule has 0 aliphatic carbocycles. The van der Waals surface area contributed by atoms with E-state index in [0.29, 0.717) is 29.5 Å². The standard InChI is InChI=1S/C25H25N7O3/c1-16-12-22-29-31(15-23(34)28-21-9-5-8-20(13-21)27-17(2)33)25(35)32(22)24(26-16)30-11-10-18-6-3-4-7-19(18)14-30/h3-9,12-13H,10-11,14-15H2,1-2H3,(H,27,33)(H,28,34). The molecule has 2 N–H and O–H groups in total. The second-order valence-electron chi connectivity index (χ2n) is 8.58. The molecule has 0 saturated carbocycles. The van der Waals surface area contributed by atoms with Crippen LogP contribution < -0.4 is 21.2 Å². The van der Waals surface area contributed by atoms with Gasteiger partial charge >= 0.3 is 5.69 Å². The topological polar surface area (TPSA) is 114 Å². The Morgan fingerprint density at radius 3 is 2.51 bits per heavy atom. The molecule has 2 amide bonds. The van der Waals surface area contributed by atoms with E-state index in [9.17, 15) is 14.4 Å². The maximum Gasteiger partial charge on any atom is 0.353 e. The van der Waals surface area contributed by atoms with Crippen LogP contribution in [0.15, 0.2) is 59.4 Å². The largest absolute Gasteiger partial charge is 0.353 e. The van der Waals surface area contributed by atoms with Gasteiger partial charge in [0.25, 0.3) is 0 Å². The van der Waals surface area contributed by atoms with Crippen molar-refractivity contribution in [2.45, 2.75) is 33.4 Å². The molecule has 10 heteroatoms. The number of benzene rings is 2. The van der Waals surface area contributed by atoms with Crippen LogP contribution in [0.25, 0.3) is 5.65 Å². The van der Waals surface area contributed by atoms with Gasteiger partial charge in [0.1, 0.15) is 6.54 Å². The molecular weight excluding hydrogens is 446 g/mol. The number of aryl methyl sites for hydroxylation is 1. The summed E-state index contributed by atoms with van der Waals surface area (Å²) in [6, 6.07) is 16.8. The summed E-state index contributed by atoms with van der Waals surface area (Å²) in [6.07, 6.45) is 0.857. The fourth-order valence-corrected chi connectivity index (χ4v) is 4.33. The molecule has 35 heavy (non-hydrogen) atoms. The summed E-state index contributed by atoms with van der Waals surface area (Å²) in [4.78, 5) is 44.0. The van der Waals surface area contributed by atoms with Crippen molar-refractivity contribution in [2.75, 3.05) is 22.1 Å². The Labute approximate surface area is 201 Å². The van der Waals surface area contributed by atoms with Crippen molar-refractivity contribution < 1.29 is 9.59 Å². The summed E-state index contributed by atoms with van der Waals surface area (Å²) in [7, 11) is 0. The second kappa shape index (κ2) is 9.05. The van der Waals surface area contributed by atoms with Crippen LogP contribution in [-0.2, 0) is 29.1 Å². The quantitative estimate of drug-likeness (QED) is 0.462. The van der Waals surface area contributed by atoms with Crippen molar-refractivity contribution in [1.29, 1.82) is 0 Å². The number of amides is 2. The Bertz CT molecular complexity index is 1500. The van der Waals surface area contributed by atoms with Gasteiger partial charge < -0.3 is 15.5 Å². The fraction of sp³-hybridized carbons (Fsp3) is 0.240. The lowest BCUT2D eigenvalue weighted by atomic mass is 10.0. The highest BCUT2D eigenvalue weighted by Crippen LogP contribution is 2.23. The van der Waals surface area contributed by atoms with Crippen LogP contribution in [0.1, 0.15) is 23.7 Å². The number of hydrogen-bond donors (Lipinski definition) is 2. The lowest BCUT2D eigenvalue weighted by molar-refractivity contribution is -0.117. The summed E-state index contributed by atoms with van der Waals surface area (Å²) in [6.45, 7) is 4.39. The summed E-state index contributed by atoms with van der Waals surface area (Å²) in [5, 5.41) is 9.82. The maximum atomic E-state index is 13.3. The molecular formula is C25H25N7O3. The average molecular weight is 472 g/mol. The van der Waals surface area contributed by atoms with E-state index in [1.54, 1.807) is 30.3 Å². The van der Waals surface area contributed by atoms with Gasteiger partial charge in [-0.2, -0.15) is 0 Å². The first-order valence-electron chi connectivity index (χ1n) is 11.3. The molecule has 2 aromatic carbocycles. The zero-order valence-electron chi connectivity index (χ0n) is 19.5. The number of nitrogens with zero attached hydrogens (tertiary/aromatic N) is 5. The lowest BCUT2D eigenvalue weighted by Crippen LogP contribution is -2.35. The van der Waals surface area contributed by atoms with Crippen LogP contribution in [0.3, 0.4) is 0 Å². The Kier molecular flexibility index (Phi) is 5.77. The molecule has 0 spiro atoms. The number of aromatic nitrogens is 4. The molecule has 0 radical (unpaired) electrons. The Morgan fingerprint density at radius 2 is 1.74 bits per heavy atom. The summed E-state index contributed by atoms with van der Waals surface area (Å²) in [5.41, 5.74) is 4.33. The van der Waals surface area contributed by atoms with Gasteiger partial charge in [-0.15, -0.1) is 5.10 Å². The molecule has 1 aliphatic heterocycles. The summed E-state index contributed by atoms with van der Waals surface area (Å²) >= 11 is 0. The molecule has 0 atom stereocenters. The molecule has 0 saturated heterocycles. The third-order valence-electron chi connectivity index (χ3n) is 5.85. The van der Waals surface area contributed by atoms with Crippen LogP contribution in [-0.4, -0.2) is 37.5 Å². The van der Waals surface area contributed by atoms with Crippen molar-refractivity contribution in [2.24, 2.45) is 0 Å². The van der Waals surface area contributed by atoms with E-state index >= 15 is 0 Å². The van der Waals surface area contributed by atoms with Crippen LogP contribution in [0, 0.1) is 6.92 Å². The van der Waals surface area contributed by atoms with Crippen molar-refractivity contribution in [1.82, 2.24) is 19.2 Å². The second-order valence-corrected chi connectivity index (χ2v) is 8.58. The summed E-state index contributed by atoms with van der Waals surface area (Å²) < 4.78 is 2.61. The zero-order valence-corrected chi connectivity index (χ0v) is 19.5. The minimum atomic E-state index is -0.427. The smallest absolute Gasteiger partial charge is 0.337 e. The predicted octanol–water partition coefficient (Wildman–Crippen LogP) is 2.36. The van der Waals surface area contributed by atoms with E-state index in [2.05, 4.69) is 37.7 Å². The van der Waals surface area contributed by atoms with Gasteiger partial charge in [0, 0.05) is 43.1 Å². The number of nitrogens with one attached hydrogen (secondary N) is 2. The van der Waals surface area contributed by atoms with Gasteiger partial charge in [0.15, 0.2) is 5.65 Å². The molecule has 0 bridgehead atoms. The third-order valence-corrected chi connectivity index (χ3v) is 5.85. The molecule has 0 fully saturated rings. The van der Waals surface area contributed by atoms with Gasteiger partial charge in [-0.25, -0.2) is 18.9 Å². The van der Waals surface area contributed by atoms with E-state index in [1.165, 1.54) is 22.5 Å². The number of fused-ring (bicyclic) bond motifs is 2.